The zero-order valence-electron chi connectivity index (χ0n) is 13.2. The number of carbonyl (C=O) groups is 1. The zero-order valence-corrected chi connectivity index (χ0v) is 13.2. The van der Waals surface area contributed by atoms with Crippen LogP contribution in [-0.2, 0) is 4.74 Å². The third-order valence-electron chi connectivity index (χ3n) is 3.27. The molecule has 0 atom stereocenters. The first-order chi connectivity index (χ1) is 10.2. The van der Waals surface area contributed by atoms with Gasteiger partial charge in [0.2, 0.25) is 0 Å². The normalized spacial score (nSPS) is 10.4. The van der Waals surface area contributed by atoms with Crippen LogP contribution in [0.3, 0.4) is 0 Å². The summed E-state index contributed by atoms with van der Waals surface area (Å²) in [6.07, 6.45) is 8.98. The van der Waals surface area contributed by atoms with Crippen molar-refractivity contribution in [1.29, 1.82) is 0 Å². The lowest BCUT2D eigenvalue weighted by Crippen LogP contribution is -2.11. The molecule has 1 aromatic heterocycles. The van der Waals surface area contributed by atoms with E-state index in [2.05, 4.69) is 17.2 Å². The fraction of sp³-hybridized carbons (Fsp3) is 0.625. The molecule has 0 amide bonds. The largest absolute Gasteiger partial charge is 0.462 e. The molecule has 0 saturated carbocycles. The maximum atomic E-state index is 11.7. The topological polar surface area (TPSA) is 77.2 Å². The third-order valence-corrected chi connectivity index (χ3v) is 3.27. The molecule has 5 nitrogen and oxygen atoms in total. The van der Waals surface area contributed by atoms with E-state index in [1.807, 2.05) is 0 Å². The van der Waals surface area contributed by atoms with Gasteiger partial charge in [0, 0.05) is 6.54 Å². The molecule has 0 bridgehead atoms. The highest BCUT2D eigenvalue weighted by atomic mass is 16.5. The summed E-state index contributed by atoms with van der Waals surface area (Å²) in [5, 5.41) is 3.23. The molecule has 1 rings (SSSR count). The number of nitrogens with zero attached hydrogens (tertiary/aromatic N) is 1. The maximum Gasteiger partial charge on any atom is 0.340 e. The van der Waals surface area contributed by atoms with Crippen LogP contribution in [0.1, 0.15) is 62.7 Å². The Labute approximate surface area is 127 Å². The summed E-state index contributed by atoms with van der Waals surface area (Å²) < 4.78 is 4.97. The van der Waals surface area contributed by atoms with E-state index >= 15 is 0 Å². The highest BCUT2D eigenvalue weighted by molar-refractivity contribution is 5.95. The minimum absolute atomic E-state index is 0.334. The number of anilines is 2. The molecule has 0 aliphatic rings. The monoisotopic (exact) mass is 293 g/mol. The van der Waals surface area contributed by atoms with Gasteiger partial charge in [0.25, 0.3) is 0 Å². The fourth-order valence-corrected chi connectivity index (χ4v) is 2.07. The molecule has 118 valence electrons. The summed E-state index contributed by atoms with van der Waals surface area (Å²) in [6.45, 7) is 5.18. The molecule has 3 N–H and O–H groups in total. The molecule has 0 aliphatic heterocycles. The zero-order chi connectivity index (χ0) is 15.5. The number of nitrogen functional groups attached to an aromatic ring is 1. The van der Waals surface area contributed by atoms with Gasteiger partial charge in [0.1, 0.15) is 5.82 Å². The van der Waals surface area contributed by atoms with Crippen LogP contribution in [0.4, 0.5) is 11.5 Å². The maximum absolute atomic E-state index is 11.7. The standard InChI is InChI=1S/C16H27N3O2/c1-3-5-6-7-8-9-10-18-15-11-13(14(17)12-19-15)16(20)21-4-2/h11-12H,3-10,17H2,1-2H3,(H,18,19). The Kier molecular flexibility index (Phi) is 8.24. The SMILES string of the molecule is CCCCCCCCNc1cc(C(=O)OCC)c(N)cn1. The van der Waals surface area contributed by atoms with Crippen LogP contribution in [0.25, 0.3) is 0 Å². The molecule has 0 unspecified atom stereocenters. The summed E-state index contributed by atoms with van der Waals surface area (Å²) in [4.78, 5) is 15.9. The smallest absolute Gasteiger partial charge is 0.340 e. The molecule has 0 aliphatic carbocycles. The number of carbonyl (C=O) groups excluding carboxylic acids is 1. The number of esters is 1. The van der Waals surface area contributed by atoms with Crippen LogP contribution in [0, 0.1) is 0 Å². The average Bonchev–Trinajstić information content (AvgIpc) is 2.48. The minimum atomic E-state index is -0.403. The molecular formula is C16H27N3O2. The molecule has 0 radical (unpaired) electrons. The average molecular weight is 293 g/mol. The van der Waals surface area contributed by atoms with E-state index in [-0.39, 0.29) is 0 Å². The first-order valence-electron chi connectivity index (χ1n) is 7.85. The van der Waals surface area contributed by atoms with E-state index in [1.54, 1.807) is 13.0 Å². The van der Waals surface area contributed by atoms with Gasteiger partial charge in [0.05, 0.1) is 24.1 Å². The highest BCUT2D eigenvalue weighted by Crippen LogP contribution is 2.16. The number of aromatic nitrogens is 1. The van der Waals surface area contributed by atoms with E-state index < -0.39 is 5.97 Å². The van der Waals surface area contributed by atoms with Gasteiger partial charge in [-0.2, -0.15) is 0 Å². The van der Waals surface area contributed by atoms with Gasteiger partial charge < -0.3 is 15.8 Å². The summed E-state index contributed by atoms with van der Waals surface area (Å²) >= 11 is 0. The van der Waals surface area contributed by atoms with Gasteiger partial charge in [-0.05, 0) is 19.4 Å². The van der Waals surface area contributed by atoms with E-state index in [0.29, 0.717) is 23.7 Å². The Balaban J connectivity index is 2.38. The number of ether oxygens (including phenoxy) is 1. The van der Waals surface area contributed by atoms with E-state index in [9.17, 15) is 4.79 Å². The lowest BCUT2D eigenvalue weighted by molar-refractivity contribution is 0.0527. The van der Waals surface area contributed by atoms with Gasteiger partial charge in [-0.3, -0.25) is 0 Å². The van der Waals surface area contributed by atoms with Crippen LogP contribution in [0.15, 0.2) is 12.3 Å². The minimum Gasteiger partial charge on any atom is -0.462 e. The van der Waals surface area contributed by atoms with Crippen LogP contribution in [0.5, 0.6) is 0 Å². The number of pyridine rings is 1. The van der Waals surface area contributed by atoms with Crippen LogP contribution in [0.2, 0.25) is 0 Å². The van der Waals surface area contributed by atoms with Crippen molar-refractivity contribution in [1.82, 2.24) is 4.98 Å². The Morgan fingerprint density at radius 2 is 1.95 bits per heavy atom. The van der Waals surface area contributed by atoms with Gasteiger partial charge in [-0.25, -0.2) is 9.78 Å². The molecule has 0 aromatic carbocycles. The van der Waals surface area contributed by atoms with Crippen molar-refractivity contribution in [2.75, 3.05) is 24.2 Å². The Morgan fingerprint density at radius 3 is 2.67 bits per heavy atom. The summed E-state index contributed by atoms with van der Waals surface area (Å²) in [6, 6.07) is 1.66. The highest BCUT2D eigenvalue weighted by Gasteiger charge is 2.12. The van der Waals surface area contributed by atoms with Gasteiger partial charge in [-0.1, -0.05) is 39.0 Å². The number of hydrogen-bond acceptors (Lipinski definition) is 5. The third kappa shape index (κ3) is 6.47. The Morgan fingerprint density at radius 1 is 1.24 bits per heavy atom. The number of nitrogens with two attached hydrogens (primary N) is 1. The van der Waals surface area contributed by atoms with Gasteiger partial charge >= 0.3 is 5.97 Å². The van der Waals surface area contributed by atoms with Crippen LogP contribution >= 0.6 is 0 Å². The van der Waals surface area contributed by atoms with Crippen LogP contribution < -0.4 is 11.1 Å². The molecule has 0 fully saturated rings. The van der Waals surface area contributed by atoms with Crippen molar-refractivity contribution in [3.63, 3.8) is 0 Å². The van der Waals surface area contributed by atoms with Gasteiger partial charge in [0.15, 0.2) is 0 Å². The molecule has 1 aromatic rings. The van der Waals surface area contributed by atoms with Crippen molar-refractivity contribution in [2.45, 2.75) is 52.4 Å². The molecule has 21 heavy (non-hydrogen) atoms. The molecule has 1 heterocycles. The first-order valence-corrected chi connectivity index (χ1v) is 7.85. The van der Waals surface area contributed by atoms with Crippen molar-refractivity contribution >= 4 is 17.5 Å². The molecule has 5 heteroatoms. The number of unbranched alkanes of at least 4 members (excludes halogenated alkanes) is 5. The second kappa shape index (κ2) is 10.0. The van der Waals surface area contributed by atoms with E-state index in [0.717, 1.165) is 13.0 Å². The summed E-state index contributed by atoms with van der Waals surface area (Å²) in [5.74, 6) is 0.265. The number of nitrogens with one attached hydrogen (secondary N) is 1. The number of hydrogen-bond donors (Lipinski definition) is 2. The van der Waals surface area contributed by atoms with Crippen molar-refractivity contribution in [3.8, 4) is 0 Å². The molecular weight excluding hydrogens is 266 g/mol. The second-order valence-electron chi connectivity index (χ2n) is 5.07. The van der Waals surface area contributed by atoms with Gasteiger partial charge in [-0.15, -0.1) is 0 Å². The van der Waals surface area contributed by atoms with Crippen molar-refractivity contribution in [3.05, 3.63) is 17.8 Å². The quantitative estimate of drug-likeness (QED) is 0.509. The second-order valence-corrected chi connectivity index (χ2v) is 5.07. The lowest BCUT2D eigenvalue weighted by Gasteiger charge is -2.09. The number of rotatable bonds is 10. The lowest BCUT2D eigenvalue weighted by atomic mass is 10.1. The predicted molar refractivity (Wildman–Crippen MR) is 86.5 cm³/mol. The summed E-state index contributed by atoms with van der Waals surface area (Å²) in [5.41, 5.74) is 6.47. The van der Waals surface area contributed by atoms with Crippen molar-refractivity contribution in [2.24, 2.45) is 0 Å². The molecule has 0 saturated heterocycles. The Bertz CT molecular complexity index is 436. The van der Waals surface area contributed by atoms with E-state index in [1.165, 1.54) is 38.3 Å². The predicted octanol–water partition coefficient (Wildman–Crippen LogP) is 3.61. The summed E-state index contributed by atoms with van der Waals surface area (Å²) in [7, 11) is 0. The fourth-order valence-electron chi connectivity index (χ4n) is 2.07. The Hall–Kier alpha value is -1.78. The first kappa shape index (κ1) is 17.3. The molecule has 0 spiro atoms. The van der Waals surface area contributed by atoms with Crippen molar-refractivity contribution < 1.29 is 9.53 Å². The van der Waals surface area contributed by atoms with Crippen LogP contribution in [-0.4, -0.2) is 24.1 Å². The van der Waals surface area contributed by atoms with E-state index in [4.69, 9.17) is 10.5 Å².